The minimum Gasteiger partial charge on any atom is -0.338 e. The van der Waals surface area contributed by atoms with Gasteiger partial charge in [0.15, 0.2) is 11.3 Å². The van der Waals surface area contributed by atoms with Crippen LogP contribution in [0.5, 0.6) is 0 Å². The number of nitrogens with zero attached hydrogens (tertiary/aromatic N) is 3. The van der Waals surface area contributed by atoms with Gasteiger partial charge in [-0.3, -0.25) is 10.3 Å². The van der Waals surface area contributed by atoms with Gasteiger partial charge >= 0.3 is 6.03 Å². The third kappa shape index (κ3) is 3.80. The predicted octanol–water partition coefficient (Wildman–Crippen LogP) is 4.64. The van der Waals surface area contributed by atoms with Crippen LogP contribution in [0.15, 0.2) is 53.2 Å². The zero-order chi connectivity index (χ0) is 20.7. The molecule has 4 heterocycles. The summed E-state index contributed by atoms with van der Waals surface area (Å²) in [4.78, 5) is 21.2. The lowest BCUT2D eigenvalue weighted by Gasteiger charge is -2.06. The molecule has 0 bridgehead atoms. The Morgan fingerprint density at radius 3 is 3.07 bits per heavy atom. The number of hydrogen-bond donors (Lipinski definition) is 2. The van der Waals surface area contributed by atoms with Crippen LogP contribution in [0, 0.1) is 0 Å². The van der Waals surface area contributed by atoms with Crippen LogP contribution in [-0.4, -0.2) is 45.9 Å². The van der Waals surface area contributed by atoms with Gasteiger partial charge in [-0.05, 0) is 42.8 Å². The average Bonchev–Trinajstić information content (AvgIpc) is 3.35. The van der Waals surface area contributed by atoms with Crippen molar-refractivity contribution in [1.82, 2.24) is 15.3 Å². The van der Waals surface area contributed by atoms with E-state index >= 15 is 0 Å². The molecule has 1 aromatic carbocycles. The Morgan fingerprint density at radius 2 is 2.27 bits per heavy atom. The monoisotopic (exact) mass is 480 g/mol. The number of aromatic nitrogens is 2. The van der Waals surface area contributed by atoms with Crippen LogP contribution in [0.4, 0.5) is 9.93 Å². The number of rotatable bonds is 4. The first-order chi connectivity index (χ1) is 14.6. The Hall–Kier alpha value is -2.84. The highest BCUT2D eigenvalue weighted by molar-refractivity contribution is 9.11. The maximum Gasteiger partial charge on any atom is 0.321 e. The number of fused-ring (bicyclic) bond motifs is 2. The zero-order valence-electron chi connectivity index (χ0n) is 16.2. The number of thiazole rings is 1. The highest BCUT2D eigenvalue weighted by Crippen LogP contribution is 2.37. The van der Waals surface area contributed by atoms with E-state index in [9.17, 15) is 4.79 Å². The molecule has 30 heavy (non-hydrogen) atoms. The molecule has 2 aromatic heterocycles. The van der Waals surface area contributed by atoms with Gasteiger partial charge < -0.3 is 5.32 Å². The molecule has 6 nitrogen and oxygen atoms in total. The fourth-order valence-corrected chi connectivity index (χ4v) is 5.00. The molecule has 1 saturated heterocycles. The van der Waals surface area contributed by atoms with Gasteiger partial charge in [0.05, 0.1) is 15.9 Å². The van der Waals surface area contributed by atoms with E-state index < -0.39 is 0 Å². The Balaban J connectivity index is 1.65. The average molecular weight is 481 g/mol. The molecule has 2 N–H and O–H groups in total. The first-order valence-electron chi connectivity index (χ1n) is 9.71. The summed E-state index contributed by atoms with van der Waals surface area (Å²) < 4.78 is 4.38. The van der Waals surface area contributed by atoms with Gasteiger partial charge in [0.25, 0.3) is 0 Å². The molecular formula is C22H19BrN5OS+. The van der Waals surface area contributed by atoms with Crippen molar-refractivity contribution >= 4 is 60.4 Å². The number of amides is 2. The van der Waals surface area contributed by atoms with Gasteiger partial charge in [-0.2, -0.15) is 0 Å². The lowest BCUT2D eigenvalue weighted by molar-refractivity contribution is -0.344. The minimum absolute atomic E-state index is 0.252. The summed E-state index contributed by atoms with van der Waals surface area (Å²) in [6, 6.07) is 10.3. The molecule has 0 spiro atoms. The number of halogens is 1. The molecule has 0 saturated carbocycles. The van der Waals surface area contributed by atoms with Crippen LogP contribution in [-0.2, 0) is 0 Å². The van der Waals surface area contributed by atoms with Crippen molar-refractivity contribution in [2.75, 3.05) is 18.4 Å². The second-order valence-electron chi connectivity index (χ2n) is 7.13. The van der Waals surface area contributed by atoms with E-state index in [4.69, 9.17) is 0 Å². The van der Waals surface area contributed by atoms with E-state index in [0.717, 1.165) is 43.6 Å². The lowest BCUT2D eigenvalue weighted by atomic mass is 10.0. The van der Waals surface area contributed by atoms with Crippen molar-refractivity contribution in [2.24, 2.45) is 0 Å². The molecule has 8 heteroatoms. The van der Waals surface area contributed by atoms with Crippen molar-refractivity contribution < 1.29 is 9.37 Å². The number of carbonyl (C=O) groups is 1. The summed E-state index contributed by atoms with van der Waals surface area (Å²) in [5.41, 5.74) is 4.90. The number of benzene rings is 1. The summed E-state index contributed by atoms with van der Waals surface area (Å²) in [7, 11) is 0. The molecular weight excluding hydrogens is 462 g/mol. The number of anilines is 1. The van der Waals surface area contributed by atoms with E-state index in [0.29, 0.717) is 17.7 Å². The van der Waals surface area contributed by atoms with E-state index in [2.05, 4.69) is 71.6 Å². The van der Waals surface area contributed by atoms with Crippen LogP contribution < -0.4 is 10.6 Å². The van der Waals surface area contributed by atoms with Crippen LogP contribution in [0.1, 0.15) is 12.5 Å². The topological polar surface area (TPSA) is 69.9 Å². The maximum absolute atomic E-state index is 12.0. The third-order valence-electron chi connectivity index (χ3n) is 4.96. The van der Waals surface area contributed by atoms with Gasteiger partial charge in [0.1, 0.15) is 0 Å². The van der Waals surface area contributed by atoms with Crippen molar-refractivity contribution in [3.63, 3.8) is 0 Å². The highest BCUT2D eigenvalue weighted by Gasteiger charge is 2.39. The SMILES string of the molecule is CCNC(=O)Nc1nc2cc(C3=CC(Br)=CC4C[N+]4=C3)cc(-c3ccccn3)c2s1. The van der Waals surface area contributed by atoms with Gasteiger partial charge in [0.2, 0.25) is 12.6 Å². The van der Waals surface area contributed by atoms with Gasteiger partial charge in [-0.1, -0.05) is 33.3 Å². The normalized spacial score (nSPS) is 17.4. The third-order valence-corrected chi connectivity index (χ3v) is 6.48. The van der Waals surface area contributed by atoms with Crippen molar-refractivity contribution in [3.05, 3.63) is 58.7 Å². The van der Waals surface area contributed by atoms with Crippen LogP contribution in [0.25, 0.3) is 27.0 Å². The molecule has 2 amide bonds. The van der Waals surface area contributed by atoms with E-state index in [-0.39, 0.29) is 6.03 Å². The Bertz CT molecular complexity index is 1250. The zero-order valence-corrected chi connectivity index (χ0v) is 18.6. The highest BCUT2D eigenvalue weighted by atomic mass is 79.9. The molecule has 1 unspecified atom stereocenters. The molecule has 150 valence electrons. The van der Waals surface area contributed by atoms with E-state index in [1.165, 1.54) is 11.3 Å². The molecule has 3 aromatic rings. The fourth-order valence-electron chi connectivity index (χ4n) is 3.49. The summed E-state index contributed by atoms with van der Waals surface area (Å²) in [6.07, 6.45) is 8.34. The molecule has 1 fully saturated rings. The minimum atomic E-state index is -0.252. The summed E-state index contributed by atoms with van der Waals surface area (Å²) in [5.74, 6) is 0. The van der Waals surface area contributed by atoms with Crippen molar-refractivity contribution in [1.29, 1.82) is 0 Å². The summed E-state index contributed by atoms with van der Waals surface area (Å²) in [6.45, 7) is 3.48. The maximum atomic E-state index is 12.0. The number of urea groups is 1. The fraction of sp³-hybridized carbons (Fsp3) is 0.182. The van der Waals surface area contributed by atoms with E-state index in [1.54, 1.807) is 6.20 Å². The van der Waals surface area contributed by atoms with Crippen molar-refractivity contribution in [3.8, 4) is 11.3 Å². The van der Waals surface area contributed by atoms with Gasteiger partial charge in [-0.15, -0.1) is 0 Å². The molecule has 0 aliphatic carbocycles. The second kappa shape index (κ2) is 7.77. The first-order valence-corrected chi connectivity index (χ1v) is 11.3. The van der Waals surface area contributed by atoms with Crippen LogP contribution >= 0.6 is 27.3 Å². The molecule has 0 radical (unpaired) electrons. The second-order valence-corrected chi connectivity index (χ2v) is 9.05. The number of carbonyl (C=O) groups excluding carboxylic acids is 1. The van der Waals surface area contributed by atoms with E-state index in [1.807, 2.05) is 25.1 Å². The quantitative estimate of drug-likeness (QED) is 0.422. The lowest BCUT2D eigenvalue weighted by Crippen LogP contribution is -2.28. The van der Waals surface area contributed by atoms with Crippen molar-refractivity contribution in [2.45, 2.75) is 13.0 Å². The molecule has 2 aliphatic heterocycles. The van der Waals surface area contributed by atoms with Gasteiger partial charge in [-0.25, -0.2) is 14.4 Å². The Labute approximate surface area is 186 Å². The molecule has 2 aliphatic rings. The molecule has 5 rings (SSSR count). The Kier molecular flexibility index (Phi) is 4.96. The number of hydrogen-bond acceptors (Lipinski definition) is 4. The van der Waals surface area contributed by atoms with Crippen LogP contribution in [0.2, 0.25) is 0 Å². The first kappa shape index (κ1) is 19.1. The molecule has 1 atom stereocenters. The predicted molar refractivity (Wildman–Crippen MR) is 126 cm³/mol. The number of pyridine rings is 1. The van der Waals surface area contributed by atoms with Gasteiger partial charge in [0, 0.05) is 34.4 Å². The number of allylic oxidation sites excluding steroid dienone is 3. The number of nitrogens with one attached hydrogen (secondary N) is 2. The summed E-state index contributed by atoms with van der Waals surface area (Å²) >= 11 is 5.12. The smallest absolute Gasteiger partial charge is 0.321 e. The van der Waals surface area contributed by atoms with Crippen LogP contribution in [0.3, 0.4) is 0 Å². The largest absolute Gasteiger partial charge is 0.338 e. The Morgan fingerprint density at radius 1 is 1.37 bits per heavy atom. The standard InChI is InChI=1S/C22H18BrN5OS/c1-2-24-21(29)27-22-26-19-9-13(14-7-15(23)10-16-12-28(16)11-14)8-17(20(19)30-22)18-5-3-4-6-25-18/h3-11,16H,2,12H2,1H3,(H-,24,26,27,29)/p+1. The summed E-state index contributed by atoms with van der Waals surface area (Å²) in [5, 5.41) is 6.14.